The fourth-order valence-electron chi connectivity index (χ4n) is 2.24. The summed E-state index contributed by atoms with van der Waals surface area (Å²) < 4.78 is 10.3. The van der Waals surface area contributed by atoms with Gasteiger partial charge in [-0.1, -0.05) is 6.07 Å². The SMILES string of the molecule is CC(OC(=O)c1ccc2ncoc2c1)C(=O)Nc1cccc(C(=O)O)c1. The molecule has 0 aliphatic carbocycles. The minimum Gasteiger partial charge on any atom is -0.478 e. The van der Waals surface area contributed by atoms with E-state index >= 15 is 0 Å². The summed E-state index contributed by atoms with van der Waals surface area (Å²) >= 11 is 0. The number of nitrogens with one attached hydrogen (secondary N) is 1. The molecule has 26 heavy (non-hydrogen) atoms. The lowest BCUT2D eigenvalue weighted by atomic mass is 10.2. The molecule has 1 unspecified atom stereocenters. The number of ether oxygens (including phenoxy) is 1. The summed E-state index contributed by atoms with van der Waals surface area (Å²) in [6.07, 6.45) is 0.183. The van der Waals surface area contributed by atoms with Crippen molar-refractivity contribution in [1.82, 2.24) is 4.98 Å². The number of carboxylic acids is 1. The summed E-state index contributed by atoms with van der Waals surface area (Å²) in [5.74, 6) is -2.38. The quantitative estimate of drug-likeness (QED) is 0.676. The van der Waals surface area contributed by atoms with E-state index in [2.05, 4.69) is 10.3 Å². The van der Waals surface area contributed by atoms with Crippen molar-refractivity contribution in [3.8, 4) is 0 Å². The molecule has 0 saturated carbocycles. The van der Waals surface area contributed by atoms with Crippen molar-refractivity contribution < 1.29 is 28.6 Å². The number of fused-ring (bicyclic) bond motifs is 1. The standard InChI is InChI=1S/C18H14N2O6/c1-10(16(21)20-13-4-2-3-11(7-13)17(22)23)26-18(24)12-5-6-14-15(8-12)25-9-19-14/h2-10H,1H3,(H,20,21)(H,22,23). The predicted octanol–water partition coefficient (Wildman–Crippen LogP) is 2.71. The summed E-state index contributed by atoms with van der Waals surface area (Å²) in [4.78, 5) is 39.3. The third-order valence-corrected chi connectivity index (χ3v) is 3.60. The Kier molecular flexibility index (Phi) is 4.66. The first kappa shape index (κ1) is 17.2. The number of hydrogen-bond donors (Lipinski definition) is 2. The van der Waals surface area contributed by atoms with Crippen molar-refractivity contribution in [2.24, 2.45) is 0 Å². The molecule has 8 nitrogen and oxygen atoms in total. The summed E-state index contributed by atoms with van der Waals surface area (Å²) in [6, 6.07) is 10.4. The molecule has 0 saturated heterocycles. The molecule has 8 heteroatoms. The van der Waals surface area contributed by atoms with Crippen LogP contribution in [-0.4, -0.2) is 34.0 Å². The van der Waals surface area contributed by atoms with Crippen LogP contribution in [0.25, 0.3) is 11.1 Å². The van der Waals surface area contributed by atoms with Gasteiger partial charge >= 0.3 is 11.9 Å². The van der Waals surface area contributed by atoms with Crippen LogP contribution in [-0.2, 0) is 9.53 Å². The van der Waals surface area contributed by atoms with Crippen molar-refractivity contribution in [3.05, 3.63) is 60.0 Å². The van der Waals surface area contributed by atoms with Crippen LogP contribution in [0.4, 0.5) is 5.69 Å². The average Bonchev–Trinajstić information content (AvgIpc) is 3.09. The number of hydrogen-bond acceptors (Lipinski definition) is 6. The second kappa shape index (κ2) is 7.06. The summed E-state index contributed by atoms with van der Waals surface area (Å²) in [6.45, 7) is 1.42. The van der Waals surface area contributed by atoms with Gasteiger partial charge in [0.15, 0.2) is 18.1 Å². The Labute approximate surface area is 147 Å². The predicted molar refractivity (Wildman–Crippen MR) is 90.9 cm³/mol. The monoisotopic (exact) mass is 354 g/mol. The Morgan fingerprint density at radius 1 is 1.15 bits per heavy atom. The van der Waals surface area contributed by atoms with E-state index < -0.39 is 23.9 Å². The maximum absolute atomic E-state index is 12.2. The number of benzene rings is 2. The maximum Gasteiger partial charge on any atom is 0.339 e. The van der Waals surface area contributed by atoms with Crippen molar-refractivity contribution >= 4 is 34.6 Å². The van der Waals surface area contributed by atoms with Gasteiger partial charge in [0, 0.05) is 5.69 Å². The number of carbonyl (C=O) groups is 3. The number of nitrogens with zero attached hydrogens (tertiary/aromatic N) is 1. The molecule has 0 aliphatic rings. The number of carbonyl (C=O) groups excluding carboxylic acids is 2. The van der Waals surface area contributed by atoms with Gasteiger partial charge in [0.2, 0.25) is 0 Å². The molecular weight excluding hydrogens is 340 g/mol. The number of carboxylic acid groups (broad SMARTS) is 1. The van der Waals surface area contributed by atoms with Gasteiger partial charge in [-0.2, -0.15) is 0 Å². The zero-order valence-corrected chi connectivity index (χ0v) is 13.6. The van der Waals surface area contributed by atoms with Gasteiger partial charge in [-0.3, -0.25) is 4.79 Å². The van der Waals surface area contributed by atoms with E-state index in [0.29, 0.717) is 16.8 Å². The lowest BCUT2D eigenvalue weighted by Gasteiger charge is -2.13. The van der Waals surface area contributed by atoms with E-state index in [9.17, 15) is 14.4 Å². The molecule has 0 aliphatic heterocycles. The van der Waals surface area contributed by atoms with Gasteiger partial charge in [-0.05, 0) is 43.3 Å². The first-order chi connectivity index (χ1) is 12.4. The van der Waals surface area contributed by atoms with Crippen molar-refractivity contribution in [1.29, 1.82) is 0 Å². The number of amides is 1. The smallest absolute Gasteiger partial charge is 0.339 e. The van der Waals surface area contributed by atoms with Crippen LogP contribution < -0.4 is 5.32 Å². The molecule has 132 valence electrons. The van der Waals surface area contributed by atoms with Crippen LogP contribution in [0.5, 0.6) is 0 Å². The number of esters is 1. The number of aromatic carboxylic acids is 1. The fourth-order valence-corrected chi connectivity index (χ4v) is 2.24. The van der Waals surface area contributed by atoms with Gasteiger partial charge in [-0.15, -0.1) is 0 Å². The van der Waals surface area contributed by atoms with Crippen LogP contribution in [0.1, 0.15) is 27.6 Å². The molecule has 0 radical (unpaired) electrons. The molecule has 3 rings (SSSR count). The molecule has 1 amide bonds. The van der Waals surface area contributed by atoms with E-state index in [1.165, 1.54) is 49.7 Å². The van der Waals surface area contributed by atoms with Crippen LogP contribution in [0, 0.1) is 0 Å². The van der Waals surface area contributed by atoms with Crippen molar-refractivity contribution in [3.63, 3.8) is 0 Å². The normalized spacial score (nSPS) is 11.7. The third kappa shape index (κ3) is 3.69. The molecule has 0 fully saturated rings. The largest absolute Gasteiger partial charge is 0.478 e. The summed E-state index contributed by atoms with van der Waals surface area (Å²) in [5, 5.41) is 11.5. The first-order valence-corrected chi connectivity index (χ1v) is 7.62. The van der Waals surface area contributed by atoms with E-state index in [1.54, 1.807) is 6.07 Å². The van der Waals surface area contributed by atoms with Crippen LogP contribution in [0.3, 0.4) is 0 Å². The number of aromatic nitrogens is 1. The van der Waals surface area contributed by atoms with E-state index in [-0.39, 0.29) is 11.1 Å². The molecule has 2 N–H and O–H groups in total. The average molecular weight is 354 g/mol. The molecule has 1 aromatic heterocycles. The number of rotatable bonds is 5. The van der Waals surface area contributed by atoms with E-state index in [4.69, 9.17) is 14.3 Å². The van der Waals surface area contributed by atoms with Gasteiger partial charge in [0.1, 0.15) is 5.52 Å². The molecule has 1 heterocycles. The minimum absolute atomic E-state index is 0.0350. The van der Waals surface area contributed by atoms with Crippen molar-refractivity contribution in [2.45, 2.75) is 13.0 Å². The molecular formula is C18H14N2O6. The Balaban J connectivity index is 1.65. The van der Waals surface area contributed by atoms with Gasteiger partial charge in [-0.25, -0.2) is 14.6 Å². The highest BCUT2D eigenvalue weighted by atomic mass is 16.5. The molecule has 0 bridgehead atoms. The van der Waals surface area contributed by atoms with Gasteiger partial charge < -0.3 is 19.6 Å². The lowest BCUT2D eigenvalue weighted by Crippen LogP contribution is -2.30. The topological polar surface area (TPSA) is 119 Å². The summed E-state index contributed by atoms with van der Waals surface area (Å²) in [7, 11) is 0. The Bertz CT molecular complexity index is 994. The highest BCUT2D eigenvalue weighted by molar-refractivity contribution is 5.99. The molecule has 0 spiro atoms. The van der Waals surface area contributed by atoms with Gasteiger partial charge in [0.25, 0.3) is 5.91 Å². The van der Waals surface area contributed by atoms with Crippen LogP contribution in [0.2, 0.25) is 0 Å². The number of anilines is 1. The zero-order valence-electron chi connectivity index (χ0n) is 13.6. The second-order valence-corrected chi connectivity index (χ2v) is 5.46. The second-order valence-electron chi connectivity index (χ2n) is 5.46. The number of oxazole rings is 1. The Morgan fingerprint density at radius 2 is 1.96 bits per heavy atom. The summed E-state index contributed by atoms with van der Waals surface area (Å²) in [5.41, 5.74) is 1.59. The van der Waals surface area contributed by atoms with Gasteiger partial charge in [0.05, 0.1) is 11.1 Å². The molecule has 1 atom stereocenters. The fraction of sp³-hybridized carbons (Fsp3) is 0.111. The lowest BCUT2D eigenvalue weighted by molar-refractivity contribution is -0.123. The first-order valence-electron chi connectivity index (χ1n) is 7.62. The third-order valence-electron chi connectivity index (χ3n) is 3.60. The zero-order chi connectivity index (χ0) is 18.7. The highest BCUT2D eigenvalue weighted by Crippen LogP contribution is 2.16. The molecule has 2 aromatic carbocycles. The minimum atomic E-state index is -1.11. The molecule has 3 aromatic rings. The van der Waals surface area contributed by atoms with Crippen LogP contribution >= 0.6 is 0 Å². The van der Waals surface area contributed by atoms with Crippen LogP contribution in [0.15, 0.2) is 53.3 Å². The maximum atomic E-state index is 12.2. The van der Waals surface area contributed by atoms with E-state index in [0.717, 1.165) is 0 Å². The van der Waals surface area contributed by atoms with Crippen molar-refractivity contribution in [2.75, 3.05) is 5.32 Å². The Morgan fingerprint density at radius 3 is 2.73 bits per heavy atom. The van der Waals surface area contributed by atoms with E-state index in [1.807, 2.05) is 0 Å². The highest BCUT2D eigenvalue weighted by Gasteiger charge is 2.20. The Hall–Kier alpha value is -3.68.